The van der Waals surface area contributed by atoms with Gasteiger partial charge in [-0.1, -0.05) is 45.0 Å². The van der Waals surface area contributed by atoms with Crippen molar-refractivity contribution in [2.24, 2.45) is 5.73 Å². The summed E-state index contributed by atoms with van der Waals surface area (Å²) in [5.74, 6) is 0. The third-order valence-corrected chi connectivity index (χ3v) is 5.69. The van der Waals surface area contributed by atoms with Gasteiger partial charge in [0.15, 0.2) is 0 Å². The molecule has 0 aliphatic carbocycles. The quantitative estimate of drug-likeness (QED) is 0.516. The first-order chi connectivity index (χ1) is 13.0. The normalized spacial score (nSPS) is 21.2. The lowest BCUT2D eigenvalue weighted by Gasteiger charge is -2.32. The Morgan fingerprint density at radius 3 is 1.83 bits per heavy atom. The van der Waals surface area contributed by atoms with E-state index in [2.05, 4.69) is 0 Å². The molecule has 1 aromatic rings. The highest BCUT2D eigenvalue weighted by atomic mass is 19.4. The van der Waals surface area contributed by atoms with E-state index in [1.807, 2.05) is 20.8 Å². The van der Waals surface area contributed by atoms with E-state index in [1.165, 1.54) is 0 Å². The third-order valence-electron chi connectivity index (χ3n) is 5.69. The second-order valence-corrected chi connectivity index (χ2v) is 9.59. The molecule has 1 fully saturated rings. The Bertz CT molecular complexity index is 748. The van der Waals surface area contributed by atoms with E-state index in [9.17, 15) is 13.2 Å². The van der Waals surface area contributed by atoms with Crippen molar-refractivity contribution in [3.8, 4) is 0 Å². The topological polar surface area (TPSA) is 44.5 Å². The van der Waals surface area contributed by atoms with E-state index in [0.717, 1.165) is 5.56 Å². The highest BCUT2D eigenvalue weighted by Gasteiger charge is 2.54. The number of benzene rings is 1. The maximum atomic E-state index is 15.4. The Kier molecular flexibility index (Phi) is 6.35. The summed E-state index contributed by atoms with van der Waals surface area (Å²) in [6, 6.07) is 4.60. The van der Waals surface area contributed by atoms with Gasteiger partial charge in [-0.25, -0.2) is 4.39 Å². The van der Waals surface area contributed by atoms with Crippen molar-refractivity contribution in [2.75, 3.05) is 0 Å². The van der Waals surface area contributed by atoms with Crippen molar-refractivity contribution in [1.82, 2.24) is 0 Å². The molecule has 0 spiro atoms. The molecule has 29 heavy (non-hydrogen) atoms. The molecule has 1 unspecified atom stereocenters. The van der Waals surface area contributed by atoms with Gasteiger partial charge in [0.05, 0.1) is 11.2 Å². The monoisotopic (exact) mass is 415 g/mol. The zero-order valence-corrected chi connectivity index (χ0v) is 18.1. The fraction of sp³-hybridized carbons (Fsp3) is 0.619. The fourth-order valence-electron chi connectivity index (χ4n) is 2.95. The van der Waals surface area contributed by atoms with Crippen LogP contribution >= 0.6 is 0 Å². The number of halogens is 4. The second-order valence-electron chi connectivity index (χ2n) is 9.59. The summed E-state index contributed by atoms with van der Waals surface area (Å²) in [5, 5.41) is 0. The van der Waals surface area contributed by atoms with Crippen LogP contribution in [0.3, 0.4) is 0 Å². The maximum absolute atomic E-state index is 15.4. The highest BCUT2D eigenvalue weighted by Crippen LogP contribution is 2.41. The Morgan fingerprint density at radius 2 is 1.45 bits per heavy atom. The van der Waals surface area contributed by atoms with Gasteiger partial charge in [-0.15, -0.1) is 0 Å². The summed E-state index contributed by atoms with van der Waals surface area (Å²) in [5.41, 5.74) is 3.81. The van der Waals surface area contributed by atoms with Gasteiger partial charge in [0.25, 0.3) is 0 Å². The molecular formula is C21H30BF4NO2. The number of nitrogens with two attached hydrogens (primary N) is 1. The van der Waals surface area contributed by atoms with Crippen molar-refractivity contribution < 1.29 is 26.9 Å². The number of hydrogen-bond donors (Lipinski definition) is 1. The lowest BCUT2D eigenvalue weighted by molar-refractivity contribution is -0.146. The Morgan fingerprint density at radius 1 is 1.00 bits per heavy atom. The number of rotatable bonds is 4. The minimum atomic E-state index is -4.65. The first kappa shape index (κ1) is 23.9. The van der Waals surface area contributed by atoms with Crippen LogP contribution in [0.4, 0.5) is 17.6 Å². The van der Waals surface area contributed by atoms with Crippen LogP contribution in [0.15, 0.2) is 30.0 Å². The largest absolute Gasteiger partial charge is 0.525 e. The van der Waals surface area contributed by atoms with Crippen LogP contribution in [0.1, 0.15) is 66.0 Å². The number of alkyl halides is 3. The SMILES string of the molecule is CC(C)(C)c1ccc(C(CC(N)C(F)(F)F)=C(F)B2OC(C)(C)C(C)(C)O2)cc1. The lowest BCUT2D eigenvalue weighted by atomic mass is 9.80. The molecular weight excluding hydrogens is 385 g/mol. The van der Waals surface area contributed by atoms with Gasteiger partial charge in [-0.2, -0.15) is 13.2 Å². The van der Waals surface area contributed by atoms with Crippen LogP contribution in [0.25, 0.3) is 5.57 Å². The molecule has 1 aliphatic rings. The molecule has 1 heterocycles. The fourth-order valence-corrected chi connectivity index (χ4v) is 2.95. The smallest absolute Gasteiger partial charge is 0.398 e. The standard InChI is InChI=1S/C21H30BF4NO2/c1-18(2,3)14-10-8-13(9-11-14)15(12-16(27)21(24,25)26)17(23)22-28-19(4,5)20(6,7)29-22/h8-11,16H,12,27H2,1-7H3. The molecule has 1 atom stereocenters. The average Bonchev–Trinajstić information content (AvgIpc) is 2.78. The lowest BCUT2D eigenvalue weighted by Crippen LogP contribution is -2.41. The molecule has 0 amide bonds. The maximum Gasteiger partial charge on any atom is 0.525 e. The third kappa shape index (κ3) is 5.22. The van der Waals surface area contributed by atoms with Gasteiger partial charge in [-0.3, -0.25) is 0 Å². The predicted octanol–water partition coefficient (Wildman–Crippen LogP) is 5.58. The van der Waals surface area contributed by atoms with Gasteiger partial charge in [0.2, 0.25) is 0 Å². The molecule has 1 aromatic carbocycles. The van der Waals surface area contributed by atoms with Gasteiger partial charge in [-0.05, 0) is 56.2 Å². The van der Waals surface area contributed by atoms with Crippen LogP contribution < -0.4 is 5.73 Å². The predicted molar refractivity (Wildman–Crippen MR) is 108 cm³/mol. The minimum Gasteiger partial charge on any atom is -0.398 e. The molecule has 0 radical (unpaired) electrons. The molecule has 8 heteroatoms. The number of hydrogen-bond acceptors (Lipinski definition) is 3. The Balaban J connectivity index is 2.49. The summed E-state index contributed by atoms with van der Waals surface area (Å²) in [6.45, 7) is 13.0. The van der Waals surface area contributed by atoms with Crippen LogP contribution in [0.2, 0.25) is 0 Å². The summed E-state index contributed by atoms with van der Waals surface area (Å²) in [7, 11) is -1.39. The van der Waals surface area contributed by atoms with E-state index in [4.69, 9.17) is 15.0 Å². The molecule has 1 saturated heterocycles. The van der Waals surface area contributed by atoms with Gasteiger partial charge >= 0.3 is 13.3 Å². The van der Waals surface area contributed by atoms with Gasteiger partial charge in [0.1, 0.15) is 11.8 Å². The second kappa shape index (κ2) is 7.71. The van der Waals surface area contributed by atoms with Crippen molar-refractivity contribution in [1.29, 1.82) is 0 Å². The van der Waals surface area contributed by atoms with Gasteiger partial charge in [0, 0.05) is 0 Å². The minimum absolute atomic E-state index is 0.144. The van der Waals surface area contributed by atoms with Crippen LogP contribution in [-0.4, -0.2) is 30.5 Å². The van der Waals surface area contributed by atoms with Gasteiger partial charge < -0.3 is 15.0 Å². The van der Waals surface area contributed by atoms with Crippen LogP contribution in [0, 0.1) is 0 Å². The molecule has 162 valence electrons. The summed E-state index contributed by atoms with van der Waals surface area (Å²) in [6.07, 6.45) is -5.36. The zero-order chi connectivity index (χ0) is 22.4. The summed E-state index contributed by atoms with van der Waals surface area (Å²) < 4.78 is 66.1. The molecule has 2 N–H and O–H groups in total. The van der Waals surface area contributed by atoms with E-state index >= 15 is 4.39 Å². The summed E-state index contributed by atoms with van der Waals surface area (Å²) in [4.78, 5) is 0. The Labute approximate surface area is 170 Å². The summed E-state index contributed by atoms with van der Waals surface area (Å²) >= 11 is 0. The highest BCUT2D eigenvalue weighted by molar-refractivity contribution is 6.55. The van der Waals surface area contributed by atoms with E-state index in [0.29, 0.717) is 5.56 Å². The van der Waals surface area contributed by atoms with E-state index < -0.39 is 42.7 Å². The average molecular weight is 415 g/mol. The molecule has 0 aromatic heterocycles. The van der Waals surface area contributed by atoms with Crippen molar-refractivity contribution >= 4 is 12.7 Å². The molecule has 2 rings (SSSR count). The van der Waals surface area contributed by atoms with E-state index in [-0.39, 0.29) is 11.0 Å². The van der Waals surface area contributed by atoms with Crippen molar-refractivity contribution in [2.45, 2.75) is 83.7 Å². The first-order valence-electron chi connectivity index (χ1n) is 9.63. The Hall–Kier alpha value is -1.38. The van der Waals surface area contributed by atoms with Crippen molar-refractivity contribution in [3.63, 3.8) is 0 Å². The van der Waals surface area contributed by atoms with Crippen LogP contribution in [0.5, 0.6) is 0 Å². The van der Waals surface area contributed by atoms with E-state index in [1.54, 1.807) is 52.0 Å². The van der Waals surface area contributed by atoms with Crippen LogP contribution in [-0.2, 0) is 14.7 Å². The van der Waals surface area contributed by atoms with Crippen molar-refractivity contribution in [3.05, 3.63) is 41.1 Å². The molecule has 1 aliphatic heterocycles. The molecule has 3 nitrogen and oxygen atoms in total. The molecule has 0 bridgehead atoms. The molecule has 0 saturated carbocycles. The zero-order valence-electron chi connectivity index (χ0n) is 18.1. The first-order valence-corrected chi connectivity index (χ1v) is 9.63.